The molecule has 1 fully saturated rings. The molecule has 1 aliphatic carbocycles. The van der Waals surface area contributed by atoms with Crippen molar-refractivity contribution < 1.29 is 21.9 Å². The van der Waals surface area contributed by atoms with E-state index in [1.807, 2.05) is 6.92 Å². The molecule has 0 amide bonds. The van der Waals surface area contributed by atoms with E-state index in [9.17, 15) is 16.8 Å². The van der Waals surface area contributed by atoms with Crippen LogP contribution in [0.2, 0.25) is 0 Å². The predicted octanol–water partition coefficient (Wildman–Crippen LogP) is 1.56. The number of benzene rings is 1. The van der Waals surface area contributed by atoms with Gasteiger partial charge in [0, 0.05) is 19.4 Å². The van der Waals surface area contributed by atoms with E-state index in [2.05, 4.69) is 4.72 Å². The van der Waals surface area contributed by atoms with Gasteiger partial charge in [0.15, 0.2) is 9.84 Å². The van der Waals surface area contributed by atoms with E-state index in [1.165, 1.54) is 24.3 Å². The van der Waals surface area contributed by atoms with Gasteiger partial charge in [0.05, 0.1) is 9.79 Å². The van der Waals surface area contributed by atoms with Crippen LogP contribution < -0.4 is 4.72 Å². The molecule has 1 aromatic carbocycles. The first-order valence-electron chi connectivity index (χ1n) is 8.01. The molecule has 1 aliphatic rings. The van der Waals surface area contributed by atoms with Crippen molar-refractivity contribution in [3.8, 4) is 0 Å². The Kier molecular flexibility index (Phi) is 5.74. The minimum atomic E-state index is -3.78. The zero-order valence-corrected chi connectivity index (χ0v) is 15.7. The molecule has 0 heterocycles. The van der Waals surface area contributed by atoms with Gasteiger partial charge in [-0.25, -0.2) is 21.6 Å². The van der Waals surface area contributed by atoms with Crippen LogP contribution in [-0.4, -0.2) is 41.3 Å². The van der Waals surface area contributed by atoms with E-state index < -0.39 is 19.9 Å². The highest BCUT2D eigenvalue weighted by atomic mass is 32.2. The monoisotopic (exact) mass is 375 g/mol. The van der Waals surface area contributed by atoms with E-state index >= 15 is 0 Å². The Balaban J connectivity index is 2.17. The number of sulfone groups is 1. The van der Waals surface area contributed by atoms with Gasteiger partial charge in [0.25, 0.3) is 0 Å². The van der Waals surface area contributed by atoms with Gasteiger partial charge in [-0.1, -0.05) is 19.4 Å². The molecule has 0 radical (unpaired) electrons. The molecule has 8 heteroatoms. The number of hydrogen-bond acceptors (Lipinski definition) is 5. The van der Waals surface area contributed by atoms with Crippen molar-refractivity contribution >= 4 is 19.9 Å². The van der Waals surface area contributed by atoms with Crippen LogP contribution in [0.4, 0.5) is 0 Å². The second-order valence-electron chi connectivity index (χ2n) is 6.70. The van der Waals surface area contributed by atoms with Crippen LogP contribution in [0.5, 0.6) is 0 Å². The summed E-state index contributed by atoms with van der Waals surface area (Å²) in [6.07, 6.45) is 4.61. The molecular weight excluding hydrogens is 350 g/mol. The number of hydrogen-bond donors (Lipinski definition) is 2. The summed E-state index contributed by atoms with van der Waals surface area (Å²) in [7, 11) is -7.24. The van der Waals surface area contributed by atoms with E-state index in [0.29, 0.717) is 13.0 Å². The normalized spacial score (nSPS) is 18.8. The number of sulfonamides is 1. The van der Waals surface area contributed by atoms with E-state index in [1.54, 1.807) is 0 Å². The van der Waals surface area contributed by atoms with Gasteiger partial charge >= 0.3 is 0 Å². The van der Waals surface area contributed by atoms with E-state index in [4.69, 9.17) is 5.11 Å². The van der Waals surface area contributed by atoms with Gasteiger partial charge < -0.3 is 5.11 Å². The van der Waals surface area contributed by atoms with Crippen molar-refractivity contribution in [2.75, 3.05) is 19.4 Å². The summed E-state index contributed by atoms with van der Waals surface area (Å²) >= 11 is 0. The molecule has 0 spiro atoms. The number of aliphatic hydroxyl groups excluding tert-OH is 1. The second-order valence-corrected chi connectivity index (χ2v) is 10.5. The Morgan fingerprint density at radius 3 is 2.33 bits per heavy atom. The van der Waals surface area contributed by atoms with Crippen molar-refractivity contribution in [2.45, 2.75) is 42.4 Å². The lowest BCUT2D eigenvalue weighted by Gasteiger charge is -2.46. The highest BCUT2D eigenvalue weighted by molar-refractivity contribution is 7.91. The fourth-order valence-electron chi connectivity index (χ4n) is 3.17. The van der Waals surface area contributed by atoms with Crippen molar-refractivity contribution in [3.63, 3.8) is 0 Å². The van der Waals surface area contributed by atoms with Crippen LogP contribution in [-0.2, 0) is 19.9 Å². The molecule has 0 saturated heterocycles. The van der Waals surface area contributed by atoms with Gasteiger partial charge in [-0.05, 0) is 48.8 Å². The first-order chi connectivity index (χ1) is 11.1. The third-order valence-electron chi connectivity index (χ3n) is 5.12. The van der Waals surface area contributed by atoms with Crippen LogP contribution in [0.1, 0.15) is 32.6 Å². The minimum Gasteiger partial charge on any atom is -0.396 e. The molecule has 1 unspecified atom stereocenters. The van der Waals surface area contributed by atoms with Crippen LogP contribution >= 0.6 is 0 Å². The highest BCUT2D eigenvalue weighted by Gasteiger charge is 2.42. The third kappa shape index (κ3) is 4.17. The summed E-state index contributed by atoms with van der Waals surface area (Å²) in [6, 6.07) is 5.38. The zero-order chi connectivity index (χ0) is 18.0. The topological polar surface area (TPSA) is 101 Å². The minimum absolute atomic E-state index is 0.0163. The lowest BCUT2D eigenvalue weighted by atomic mass is 9.61. The molecule has 1 aromatic rings. The maximum absolute atomic E-state index is 12.5. The van der Waals surface area contributed by atoms with Crippen LogP contribution in [0.15, 0.2) is 34.1 Å². The van der Waals surface area contributed by atoms with Crippen LogP contribution in [0.25, 0.3) is 0 Å². The van der Waals surface area contributed by atoms with Gasteiger partial charge in [0.1, 0.15) is 0 Å². The summed E-state index contributed by atoms with van der Waals surface area (Å²) in [5, 5.41) is 9.14. The molecule has 136 valence electrons. The quantitative estimate of drug-likeness (QED) is 0.718. The maximum atomic E-state index is 12.5. The summed E-state index contributed by atoms with van der Waals surface area (Å²) in [5.41, 5.74) is -0.121. The van der Waals surface area contributed by atoms with Crippen LogP contribution in [0.3, 0.4) is 0 Å². The van der Waals surface area contributed by atoms with Gasteiger partial charge in [-0.3, -0.25) is 0 Å². The SMILES string of the molecule is CC(CCO)C1(CNS(=O)(=O)c2cccc(S(C)(=O)=O)c2)CCC1. The molecule has 6 nitrogen and oxygen atoms in total. The largest absolute Gasteiger partial charge is 0.396 e. The Hall–Kier alpha value is -0.960. The van der Waals surface area contributed by atoms with Crippen molar-refractivity contribution in [2.24, 2.45) is 11.3 Å². The standard InChI is InChI=1S/C16H25NO5S2/c1-13(7-10-18)16(8-4-9-16)12-17-24(21,22)15-6-3-5-14(11-15)23(2,19)20/h3,5-6,11,13,17-18H,4,7-10,12H2,1-2H3. The summed E-state index contributed by atoms with van der Waals surface area (Å²) in [5.74, 6) is 0.223. The lowest BCUT2D eigenvalue weighted by Crippen LogP contribution is -2.46. The first-order valence-corrected chi connectivity index (χ1v) is 11.4. The third-order valence-corrected chi connectivity index (χ3v) is 7.62. The average Bonchev–Trinajstić information content (AvgIpc) is 2.45. The van der Waals surface area contributed by atoms with Gasteiger partial charge in [-0.15, -0.1) is 0 Å². The maximum Gasteiger partial charge on any atom is 0.240 e. The fourth-order valence-corrected chi connectivity index (χ4v) is 5.09. The molecule has 24 heavy (non-hydrogen) atoms. The summed E-state index contributed by atoms with van der Waals surface area (Å²) in [4.78, 5) is -0.0629. The Labute approximate surface area is 144 Å². The van der Waals surface area contributed by atoms with Crippen LogP contribution in [0, 0.1) is 11.3 Å². The Bertz CT molecular complexity index is 782. The van der Waals surface area contributed by atoms with Crippen molar-refractivity contribution in [1.29, 1.82) is 0 Å². The molecule has 1 atom stereocenters. The van der Waals surface area contributed by atoms with Crippen molar-refractivity contribution in [1.82, 2.24) is 4.72 Å². The second kappa shape index (κ2) is 7.11. The van der Waals surface area contributed by atoms with Crippen molar-refractivity contribution in [3.05, 3.63) is 24.3 Å². The average molecular weight is 376 g/mol. The highest BCUT2D eigenvalue weighted by Crippen LogP contribution is 2.47. The molecule has 0 aromatic heterocycles. The van der Waals surface area contributed by atoms with Gasteiger partial charge in [0.2, 0.25) is 10.0 Å². The van der Waals surface area contributed by atoms with Gasteiger partial charge in [-0.2, -0.15) is 0 Å². The number of aliphatic hydroxyl groups is 1. The zero-order valence-electron chi connectivity index (χ0n) is 14.0. The molecule has 0 bridgehead atoms. The molecule has 2 N–H and O–H groups in total. The summed E-state index contributed by atoms with van der Waals surface area (Å²) in [6.45, 7) is 2.43. The Morgan fingerprint density at radius 2 is 1.83 bits per heavy atom. The van der Waals surface area contributed by atoms with E-state index in [0.717, 1.165) is 25.5 Å². The Morgan fingerprint density at radius 1 is 1.21 bits per heavy atom. The molecule has 2 rings (SSSR count). The van der Waals surface area contributed by atoms with E-state index in [-0.39, 0.29) is 27.7 Å². The first kappa shape index (κ1) is 19.4. The predicted molar refractivity (Wildman–Crippen MR) is 91.9 cm³/mol. The smallest absolute Gasteiger partial charge is 0.240 e. The lowest BCUT2D eigenvalue weighted by molar-refractivity contribution is 0.0487. The number of rotatable bonds is 8. The molecule has 1 saturated carbocycles. The molecular formula is C16H25NO5S2. The number of nitrogens with one attached hydrogen (secondary N) is 1. The molecule has 0 aliphatic heterocycles. The summed E-state index contributed by atoms with van der Waals surface area (Å²) < 4.78 is 50.9. The fraction of sp³-hybridized carbons (Fsp3) is 0.625.